The Balaban J connectivity index is 1.47. The van der Waals surface area contributed by atoms with E-state index in [2.05, 4.69) is 25.3 Å². The first kappa shape index (κ1) is 26.7. The van der Waals surface area contributed by atoms with Gasteiger partial charge in [-0.05, 0) is 43.3 Å². The highest BCUT2D eigenvalue weighted by Gasteiger charge is 2.31. The fraction of sp³-hybridized carbons (Fsp3) is 0.200. The number of carbonyl (C=O) groups excluding carboxylic acids is 2. The molecule has 9 nitrogen and oxygen atoms in total. The van der Waals surface area contributed by atoms with Gasteiger partial charge in [0, 0.05) is 31.0 Å². The van der Waals surface area contributed by atoms with Crippen molar-refractivity contribution in [3.63, 3.8) is 0 Å². The van der Waals surface area contributed by atoms with Crippen LogP contribution in [0.25, 0.3) is 11.0 Å². The Hall–Kier alpha value is -4.32. The van der Waals surface area contributed by atoms with Gasteiger partial charge in [0.25, 0.3) is 0 Å². The van der Waals surface area contributed by atoms with Crippen molar-refractivity contribution in [3.05, 3.63) is 66.1 Å². The third kappa shape index (κ3) is 7.13. The maximum absolute atomic E-state index is 12.5. The molecule has 4 aromatic rings. The maximum Gasteiger partial charge on any atom is 0.573 e. The minimum absolute atomic E-state index is 0.111. The number of benzene rings is 2. The fourth-order valence-electron chi connectivity index (χ4n) is 3.57. The van der Waals surface area contributed by atoms with E-state index in [1.165, 1.54) is 25.4 Å². The highest BCUT2D eigenvalue weighted by molar-refractivity contribution is 6.32. The SMILES string of the molecule is CC(=O)CC(=O)NCCn1ccc2ncnc(Nc3ccc(Oc4cccc(OC(F)(F)F)c4)c(Cl)c3)c21. The smallest absolute Gasteiger partial charge is 0.456 e. The van der Waals surface area contributed by atoms with Crippen LogP contribution in [0.15, 0.2) is 61.1 Å². The number of halogens is 4. The summed E-state index contributed by atoms with van der Waals surface area (Å²) in [7, 11) is 0. The molecule has 0 bridgehead atoms. The first-order valence-electron chi connectivity index (χ1n) is 11.2. The molecule has 2 aromatic heterocycles. The van der Waals surface area contributed by atoms with E-state index in [0.29, 0.717) is 35.6 Å². The minimum atomic E-state index is -4.82. The summed E-state index contributed by atoms with van der Waals surface area (Å²) in [6, 6.07) is 11.7. The van der Waals surface area contributed by atoms with Gasteiger partial charge in [0.1, 0.15) is 34.9 Å². The van der Waals surface area contributed by atoms with Gasteiger partial charge in [-0.25, -0.2) is 9.97 Å². The van der Waals surface area contributed by atoms with Gasteiger partial charge < -0.3 is 24.7 Å². The molecule has 0 radical (unpaired) electrons. The standard InChI is InChI=1S/C25H21ClF3N5O4/c1-15(35)11-22(36)30-8-10-34-9-7-20-23(34)24(32-14-31-20)33-16-5-6-21(19(26)12-16)37-17-3-2-4-18(13-17)38-25(27,28)29/h2-7,9,12-14H,8,10-11H2,1H3,(H,30,36)(H,31,32,33). The van der Waals surface area contributed by atoms with E-state index in [1.807, 2.05) is 10.8 Å². The third-order valence-electron chi connectivity index (χ3n) is 5.10. The number of hydrogen-bond acceptors (Lipinski definition) is 7. The summed E-state index contributed by atoms with van der Waals surface area (Å²) in [5, 5.41) is 6.07. The fourth-order valence-corrected chi connectivity index (χ4v) is 3.79. The highest BCUT2D eigenvalue weighted by Crippen LogP contribution is 2.35. The van der Waals surface area contributed by atoms with Crippen LogP contribution < -0.4 is 20.1 Å². The van der Waals surface area contributed by atoms with Gasteiger partial charge in [-0.2, -0.15) is 0 Å². The number of alkyl halides is 3. The normalized spacial score (nSPS) is 11.3. The molecule has 13 heteroatoms. The first-order valence-corrected chi connectivity index (χ1v) is 11.6. The van der Waals surface area contributed by atoms with Gasteiger partial charge >= 0.3 is 6.36 Å². The van der Waals surface area contributed by atoms with Crippen LogP contribution in [-0.4, -0.2) is 39.1 Å². The number of nitrogens with zero attached hydrogens (tertiary/aromatic N) is 3. The van der Waals surface area contributed by atoms with Gasteiger partial charge in [0.2, 0.25) is 5.91 Å². The summed E-state index contributed by atoms with van der Waals surface area (Å²) < 4.78 is 48.9. The van der Waals surface area contributed by atoms with E-state index in [9.17, 15) is 22.8 Å². The lowest BCUT2D eigenvalue weighted by molar-refractivity contribution is -0.274. The number of nitrogens with one attached hydrogen (secondary N) is 2. The Morgan fingerprint density at radius 1 is 1.08 bits per heavy atom. The lowest BCUT2D eigenvalue weighted by Gasteiger charge is -2.13. The third-order valence-corrected chi connectivity index (χ3v) is 5.39. The number of anilines is 2. The van der Waals surface area contributed by atoms with Gasteiger partial charge in [-0.1, -0.05) is 17.7 Å². The van der Waals surface area contributed by atoms with Crippen LogP contribution >= 0.6 is 11.6 Å². The Bertz CT molecular complexity index is 1480. The van der Waals surface area contributed by atoms with Crippen molar-refractivity contribution in [3.8, 4) is 17.2 Å². The van der Waals surface area contributed by atoms with Gasteiger partial charge in [0.15, 0.2) is 5.82 Å². The Morgan fingerprint density at radius 2 is 1.87 bits per heavy atom. The second-order valence-electron chi connectivity index (χ2n) is 8.09. The molecule has 0 atom stereocenters. The molecule has 4 rings (SSSR count). The zero-order valence-electron chi connectivity index (χ0n) is 19.9. The molecule has 198 valence electrons. The molecule has 0 saturated carbocycles. The molecule has 0 saturated heterocycles. The zero-order valence-corrected chi connectivity index (χ0v) is 20.6. The van der Waals surface area contributed by atoms with Crippen molar-refractivity contribution >= 4 is 45.8 Å². The van der Waals surface area contributed by atoms with E-state index in [-0.39, 0.29) is 34.6 Å². The predicted molar refractivity (Wildman–Crippen MR) is 134 cm³/mol. The number of fused-ring (bicyclic) bond motifs is 1. The molecule has 2 heterocycles. The van der Waals surface area contributed by atoms with E-state index < -0.39 is 12.1 Å². The number of carbonyl (C=O) groups is 2. The average Bonchev–Trinajstić information content (AvgIpc) is 3.24. The summed E-state index contributed by atoms with van der Waals surface area (Å²) in [4.78, 5) is 31.4. The summed E-state index contributed by atoms with van der Waals surface area (Å²) in [6.45, 7) is 2.07. The first-order chi connectivity index (χ1) is 18.1. The Labute approximate surface area is 219 Å². The number of rotatable bonds is 10. The summed E-state index contributed by atoms with van der Waals surface area (Å²) in [5.74, 6) is -0.164. The van der Waals surface area contributed by atoms with Gasteiger partial charge in [-0.3, -0.25) is 9.59 Å². The van der Waals surface area contributed by atoms with Crippen molar-refractivity contribution in [1.82, 2.24) is 19.9 Å². The molecule has 2 N–H and O–H groups in total. The average molecular weight is 548 g/mol. The Morgan fingerprint density at radius 3 is 2.61 bits per heavy atom. The van der Waals surface area contributed by atoms with E-state index in [4.69, 9.17) is 16.3 Å². The minimum Gasteiger partial charge on any atom is -0.456 e. The zero-order chi connectivity index (χ0) is 27.3. The topological polar surface area (TPSA) is 107 Å². The highest BCUT2D eigenvalue weighted by atomic mass is 35.5. The van der Waals surface area contributed by atoms with Gasteiger partial charge in [0.05, 0.1) is 17.0 Å². The summed E-state index contributed by atoms with van der Waals surface area (Å²) in [6.07, 6.45) is -1.78. The monoisotopic (exact) mass is 547 g/mol. The number of amides is 1. The molecule has 0 aliphatic carbocycles. The number of Topliss-reactive ketones (excluding diaryl/α,β-unsaturated/α-hetero) is 1. The predicted octanol–water partition coefficient (Wildman–Crippen LogP) is 5.61. The number of hydrogen-bond donors (Lipinski definition) is 2. The van der Waals surface area contributed by atoms with E-state index >= 15 is 0 Å². The van der Waals surface area contributed by atoms with Crippen molar-refractivity contribution in [1.29, 1.82) is 0 Å². The largest absolute Gasteiger partial charge is 0.573 e. The molecule has 0 fully saturated rings. The van der Waals surface area contributed by atoms with Crippen molar-refractivity contribution in [2.24, 2.45) is 0 Å². The van der Waals surface area contributed by atoms with Crippen LogP contribution in [0.4, 0.5) is 24.7 Å². The van der Waals surface area contributed by atoms with Crippen molar-refractivity contribution < 1.29 is 32.2 Å². The van der Waals surface area contributed by atoms with Crippen LogP contribution in [0, 0.1) is 0 Å². The maximum atomic E-state index is 12.5. The molecule has 0 aliphatic rings. The lowest BCUT2D eigenvalue weighted by atomic mass is 10.2. The molecule has 38 heavy (non-hydrogen) atoms. The number of ketones is 1. The molecule has 0 spiro atoms. The summed E-state index contributed by atoms with van der Waals surface area (Å²) in [5.41, 5.74) is 1.93. The molecule has 0 aliphatic heterocycles. The van der Waals surface area contributed by atoms with Crippen LogP contribution in [0.1, 0.15) is 13.3 Å². The van der Waals surface area contributed by atoms with Crippen LogP contribution in [0.2, 0.25) is 5.02 Å². The second kappa shape index (κ2) is 11.4. The molecular weight excluding hydrogens is 527 g/mol. The van der Waals surface area contributed by atoms with Crippen LogP contribution in [0.3, 0.4) is 0 Å². The van der Waals surface area contributed by atoms with E-state index in [1.54, 1.807) is 24.3 Å². The Kier molecular flexibility index (Phi) is 8.01. The number of ether oxygens (including phenoxy) is 2. The van der Waals surface area contributed by atoms with Crippen LogP contribution in [-0.2, 0) is 16.1 Å². The summed E-state index contributed by atoms with van der Waals surface area (Å²) >= 11 is 6.38. The van der Waals surface area contributed by atoms with Crippen LogP contribution in [0.5, 0.6) is 17.2 Å². The van der Waals surface area contributed by atoms with Crippen molar-refractivity contribution in [2.75, 3.05) is 11.9 Å². The lowest BCUT2D eigenvalue weighted by Crippen LogP contribution is -2.28. The molecule has 0 unspecified atom stereocenters. The van der Waals surface area contributed by atoms with Crippen molar-refractivity contribution in [2.45, 2.75) is 26.3 Å². The molecule has 2 aromatic carbocycles. The number of aromatic nitrogens is 3. The quantitative estimate of drug-likeness (QED) is 0.248. The van der Waals surface area contributed by atoms with Gasteiger partial charge in [-0.15, -0.1) is 13.2 Å². The van der Waals surface area contributed by atoms with E-state index in [0.717, 1.165) is 12.1 Å². The molecular formula is C25H21ClF3N5O4. The second-order valence-corrected chi connectivity index (χ2v) is 8.50. The molecule has 1 amide bonds.